The molecule has 78 valence electrons. The van der Waals surface area contributed by atoms with Crippen molar-refractivity contribution in [3.8, 4) is 0 Å². The number of hydrazine groups is 1. The van der Waals surface area contributed by atoms with Crippen molar-refractivity contribution in [1.82, 2.24) is 5.43 Å². The molecule has 0 amide bonds. The Morgan fingerprint density at radius 1 is 1.36 bits per heavy atom. The summed E-state index contributed by atoms with van der Waals surface area (Å²) >= 11 is 3.55. The quantitative estimate of drug-likeness (QED) is 0.645. The highest BCUT2D eigenvalue weighted by Gasteiger charge is 2.09. The molecule has 0 aliphatic carbocycles. The minimum absolute atomic E-state index is 0.250. The molecule has 1 aromatic carbocycles. The van der Waals surface area contributed by atoms with Gasteiger partial charge in [-0.05, 0) is 37.0 Å². The topological polar surface area (TPSA) is 38.0 Å². The van der Waals surface area contributed by atoms with Crippen LogP contribution in [0.2, 0.25) is 0 Å². The first-order chi connectivity index (χ1) is 6.60. The summed E-state index contributed by atoms with van der Waals surface area (Å²) < 4.78 is 1.19. The van der Waals surface area contributed by atoms with Crippen LogP contribution in [0.3, 0.4) is 0 Å². The maximum atomic E-state index is 5.49. The minimum atomic E-state index is 0.250. The van der Waals surface area contributed by atoms with Crippen LogP contribution in [0.15, 0.2) is 16.6 Å². The summed E-state index contributed by atoms with van der Waals surface area (Å²) in [5.74, 6) is 5.49. The van der Waals surface area contributed by atoms with Crippen molar-refractivity contribution in [3.63, 3.8) is 0 Å². The Labute approximate surface area is 94.0 Å². The maximum absolute atomic E-state index is 5.49. The van der Waals surface area contributed by atoms with Crippen LogP contribution in [0.5, 0.6) is 0 Å². The summed E-state index contributed by atoms with van der Waals surface area (Å²) in [5.41, 5.74) is 6.60. The van der Waals surface area contributed by atoms with E-state index in [-0.39, 0.29) is 6.04 Å². The summed E-state index contributed by atoms with van der Waals surface area (Å²) in [6.07, 6.45) is 0.997. The number of nitrogens with one attached hydrogen (secondary N) is 1. The molecular weight excluding hydrogens is 240 g/mol. The number of hydrogen-bond acceptors (Lipinski definition) is 2. The van der Waals surface area contributed by atoms with E-state index in [1.165, 1.54) is 21.2 Å². The van der Waals surface area contributed by atoms with Gasteiger partial charge in [-0.3, -0.25) is 11.3 Å². The van der Waals surface area contributed by atoms with Crippen LogP contribution in [-0.2, 0) is 0 Å². The maximum Gasteiger partial charge on any atom is 0.0457 e. The minimum Gasteiger partial charge on any atom is -0.271 e. The summed E-state index contributed by atoms with van der Waals surface area (Å²) in [6.45, 7) is 6.32. The zero-order valence-electron chi connectivity index (χ0n) is 8.89. The van der Waals surface area contributed by atoms with Gasteiger partial charge in [0.1, 0.15) is 0 Å². The lowest BCUT2D eigenvalue weighted by molar-refractivity contribution is 0.538. The molecule has 0 saturated carbocycles. The third kappa shape index (κ3) is 2.35. The number of rotatable bonds is 3. The van der Waals surface area contributed by atoms with Crippen molar-refractivity contribution < 1.29 is 0 Å². The van der Waals surface area contributed by atoms with Crippen LogP contribution in [0.4, 0.5) is 0 Å². The van der Waals surface area contributed by atoms with Crippen LogP contribution in [0.1, 0.15) is 36.1 Å². The Hall–Kier alpha value is -0.380. The fraction of sp³-hybridized carbons (Fsp3) is 0.455. The molecule has 1 rings (SSSR count). The van der Waals surface area contributed by atoms with Crippen LogP contribution in [-0.4, -0.2) is 0 Å². The molecule has 0 saturated heterocycles. The average Bonchev–Trinajstić information content (AvgIpc) is 2.16. The molecule has 0 aliphatic heterocycles. The highest BCUT2D eigenvalue weighted by molar-refractivity contribution is 9.10. The van der Waals surface area contributed by atoms with E-state index < -0.39 is 0 Å². The van der Waals surface area contributed by atoms with Gasteiger partial charge in [0.25, 0.3) is 0 Å². The SMILES string of the molecule is CCC(NN)c1cc(C)c(Br)c(C)c1. The highest BCUT2D eigenvalue weighted by Crippen LogP contribution is 2.26. The number of nitrogens with two attached hydrogens (primary N) is 1. The van der Waals surface area contributed by atoms with Gasteiger partial charge in [0, 0.05) is 10.5 Å². The highest BCUT2D eigenvalue weighted by atomic mass is 79.9. The monoisotopic (exact) mass is 256 g/mol. The number of hydrogen-bond donors (Lipinski definition) is 2. The Balaban J connectivity index is 3.11. The van der Waals surface area contributed by atoms with Crippen molar-refractivity contribution in [3.05, 3.63) is 33.3 Å². The summed E-state index contributed by atoms with van der Waals surface area (Å²) in [4.78, 5) is 0. The molecule has 0 aromatic heterocycles. The van der Waals surface area contributed by atoms with E-state index in [0.717, 1.165) is 6.42 Å². The van der Waals surface area contributed by atoms with Crippen LogP contribution in [0.25, 0.3) is 0 Å². The van der Waals surface area contributed by atoms with Gasteiger partial charge in [-0.25, -0.2) is 0 Å². The van der Waals surface area contributed by atoms with Crippen molar-refractivity contribution >= 4 is 15.9 Å². The molecule has 2 nitrogen and oxygen atoms in total. The Kier molecular flexibility index (Phi) is 4.11. The smallest absolute Gasteiger partial charge is 0.0457 e. The van der Waals surface area contributed by atoms with E-state index in [2.05, 4.69) is 54.3 Å². The lowest BCUT2D eigenvalue weighted by Gasteiger charge is -2.16. The predicted molar refractivity (Wildman–Crippen MR) is 64.0 cm³/mol. The molecule has 1 unspecified atom stereocenters. The number of aryl methyl sites for hydroxylation is 2. The standard InChI is InChI=1S/C11H17BrN2/c1-4-10(14-13)9-5-7(2)11(12)8(3)6-9/h5-6,10,14H,4,13H2,1-3H3. The van der Waals surface area contributed by atoms with Gasteiger partial charge in [0.2, 0.25) is 0 Å². The third-order valence-electron chi connectivity index (χ3n) is 2.47. The Morgan fingerprint density at radius 2 is 1.86 bits per heavy atom. The average molecular weight is 257 g/mol. The van der Waals surface area contributed by atoms with E-state index >= 15 is 0 Å². The van der Waals surface area contributed by atoms with Crippen LogP contribution >= 0.6 is 15.9 Å². The van der Waals surface area contributed by atoms with Gasteiger partial charge in [0.15, 0.2) is 0 Å². The number of benzene rings is 1. The predicted octanol–water partition coefficient (Wildman–Crippen LogP) is 2.98. The molecule has 1 atom stereocenters. The molecule has 0 radical (unpaired) electrons. The zero-order chi connectivity index (χ0) is 10.7. The summed E-state index contributed by atoms with van der Waals surface area (Å²) in [7, 11) is 0. The lowest BCUT2D eigenvalue weighted by atomic mass is 10.0. The Bertz CT molecular complexity index is 296. The second kappa shape index (κ2) is 4.91. The van der Waals surface area contributed by atoms with E-state index in [1.807, 2.05) is 0 Å². The molecular formula is C11H17BrN2. The van der Waals surface area contributed by atoms with Gasteiger partial charge >= 0.3 is 0 Å². The zero-order valence-corrected chi connectivity index (χ0v) is 10.5. The second-order valence-electron chi connectivity index (χ2n) is 3.60. The van der Waals surface area contributed by atoms with Crippen molar-refractivity contribution in [2.45, 2.75) is 33.2 Å². The van der Waals surface area contributed by atoms with E-state index in [9.17, 15) is 0 Å². The summed E-state index contributed by atoms with van der Waals surface area (Å²) in [6, 6.07) is 4.59. The molecule has 0 spiro atoms. The van der Waals surface area contributed by atoms with E-state index in [4.69, 9.17) is 5.84 Å². The van der Waals surface area contributed by atoms with Gasteiger partial charge < -0.3 is 0 Å². The van der Waals surface area contributed by atoms with Crippen LogP contribution in [0, 0.1) is 13.8 Å². The second-order valence-corrected chi connectivity index (χ2v) is 4.39. The van der Waals surface area contributed by atoms with Crippen LogP contribution < -0.4 is 11.3 Å². The van der Waals surface area contributed by atoms with Gasteiger partial charge in [-0.2, -0.15) is 0 Å². The molecule has 14 heavy (non-hydrogen) atoms. The van der Waals surface area contributed by atoms with Gasteiger partial charge in [0.05, 0.1) is 0 Å². The first-order valence-corrected chi connectivity index (χ1v) is 5.62. The van der Waals surface area contributed by atoms with Gasteiger partial charge in [-0.15, -0.1) is 0 Å². The summed E-state index contributed by atoms with van der Waals surface area (Å²) in [5, 5.41) is 0. The fourth-order valence-electron chi connectivity index (χ4n) is 1.63. The van der Waals surface area contributed by atoms with Crippen molar-refractivity contribution in [1.29, 1.82) is 0 Å². The van der Waals surface area contributed by atoms with Crippen molar-refractivity contribution in [2.75, 3.05) is 0 Å². The van der Waals surface area contributed by atoms with Crippen molar-refractivity contribution in [2.24, 2.45) is 5.84 Å². The molecule has 0 aliphatic rings. The molecule has 0 bridgehead atoms. The Morgan fingerprint density at radius 3 is 2.21 bits per heavy atom. The molecule has 0 fully saturated rings. The third-order valence-corrected chi connectivity index (χ3v) is 3.72. The molecule has 3 heteroatoms. The first kappa shape index (κ1) is 11.7. The number of halogens is 1. The van der Waals surface area contributed by atoms with Gasteiger partial charge in [-0.1, -0.05) is 35.0 Å². The largest absolute Gasteiger partial charge is 0.271 e. The molecule has 3 N–H and O–H groups in total. The van der Waals surface area contributed by atoms with E-state index in [0.29, 0.717) is 0 Å². The fourth-order valence-corrected chi connectivity index (χ4v) is 1.86. The van der Waals surface area contributed by atoms with E-state index in [1.54, 1.807) is 0 Å². The normalized spacial score (nSPS) is 12.9. The lowest BCUT2D eigenvalue weighted by Crippen LogP contribution is -2.27. The first-order valence-electron chi connectivity index (χ1n) is 4.83. The molecule has 1 aromatic rings. The molecule has 0 heterocycles.